The number of ether oxygens (including phenoxy) is 2. The summed E-state index contributed by atoms with van der Waals surface area (Å²) >= 11 is 0. The zero-order valence-electron chi connectivity index (χ0n) is 13.0. The summed E-state index contributed by atoms with van der Waals surface area (Å²) in [6.07, 6.45) is 0. The number of likely N-dealkylation sites (N-methyl/N-ethyl adjacent to an activating group) is 1. The van der Waals surface area contributed by atoms with Gasteiger partial charge in [-0.05, 0) is 31.7 Å². The highest BCUT2D eigenvalue weighted by Gasteiger charge is 2.24. The summed E-state index contributed by atoms with van der Waals surface area (Å²) in [4.78, 5) is 0.170. The Morgan fingerprint density at radius 1 is 1.33 bits per heavy atom. The third-order valence-electron chi connectivity index (χ3n) is 3.05. The van der Waals surface area contributed by atoms with Gasteiger partial charge in [0.05, 0.1) is 13.7 Å². The number of sulfonamides is 1. The molecule has 0 unspecified atom stereocenters. The molecule has 0 amide bonds. The van der Waals surface area contributed by atoms with E-state index in [4.69, 9.17) is 9.47 Å². The van der Waals surface area contributed by atoms with Gasteiger partial charge >= 0.3 is 0 Å². The van der Waals surface area contributed by atoms with Crippen molar-refractivity contribution in [2.75, 3.05) is 41.0 Å². The molecule has 21 heavy (non-hydrogen) atoms. The molecule has 0 atom stereocenters. The molecule has 120 valence electrons. The predicted octanol–water partition coefficient (Wildman–Crippen LogP) is 1.07. The zero-order valence-corrected chi connectivity index (χ0v) is 13.9. The van der Waals surface area contributed by atoms with Crippen molar-refractivity contribution in [3.05, 3.63) is 23.8 Å². The predicted molar refractivity (Wildman–Crippen MR) is 82.1 cm³/mol. The fraction of sp³-hybridized carbons (Fsp3) is 0.571. The molecule has 0 aromatic heterocycles. The molecule has 0 saturated carbocycles. The van der Waals surface area contributed by atoms with Crippen LogP contribution in [0.25, 0.3) is 0 Å². The van der Waals surface area contributed by atoms with Gasteiger partial charge in [0, 0.05) is 26.7 Å². The second-order valence-electron chi connectivity index (χ2n) is 4.54. The third kappa shape index (κ3) is 4.67. The molecule has 0 saturated heterocycles. The first kappa shape index (κ1) is 17.9. The lowest BCUT2D eigenvalue weighted by Gasteiger charge is -2.19. The molecule has 0 radical (unpaired) electrons. The van der Waals surface area contributed by atoms with E-state index in [0.717, 1.165) is 5.56 Å². The standard InChI is InChI=1S/C14H24N2O4S/c1-5-20-9-8-16(3)21(17,18)14-7-6-12(11-15-2)10-13(14)19-4/h6-7,10,15H,5,8-9,11H2,1-4H3. The van der Waals surface area contributed by atoms with Gasteiger partial charge in [0.15, 0.2) is 0 Å². The Morgan fingerprint density at radius 3 is 2.62 bits per heavy atom. The van der Waals surface area contributed by atoms with E-state index in [1.165, 1.54) is 18.5 Å². The highest BCUT2D eigenvalue weighted by atomic mass is 32.2. The molecule has 0 spiro atoms. The van der Waals surface area contributed by atoms with Crippen LogP contribution in [0.2, 0.25) is 0 Å². The Bertz CT molecular complexity index is 546. The topological polar surface area (TPSA) is 67.9 Å². The summed E-state index contributed by atoms with van der Waals surface area (Å²) in [5.41, 5.74) is 0.963. The minimum Gasteiger partial charge on any atom is -0.495 e. The number of nitrogens with zero attached hydrogens (tertiary/aromatic N) is 1. The first-order valence-corrected chi connectivity index (χ1v) is 8.27. The van der Waals surface area contributed by atoms with Gasteiger partial charge < -0.3 is 14.8 Å². The van der Waals surface area contributed by atoms with Crippen molar-refractivity contribution in [3.63, 3.8) is 0 Å². The molecule has 0 aliphatic carbocycles. The second-order valence-corrected chi connectivity index (χ2v) is 6.55. The van der Waals surface area contributed by atoms with Gasteiger partial charge in [-0.1, -0.05) is 6.07 Å². The van der Waals surface area contributed by atoms with Gasteiger partial charge in [-0.15, -0.1) is 0 Å². The SMILES string of the molecule is CCOCCN(C)S(=O)(=O)c1ccc(CNC)cc1OC. The fourth-order valence-electron chi connectivity index (χ4n) is 1.86. The number of hydrogen-bond acceptors (Lipinski definition) is 5. The zero-order chi connectivity index (χ0) is 15.9. The fourth-order valence-corrected chi connectivity index (χ4v) is 3.15. The minimum absolute atomic E-state index is 0.170. The quantitative estimate of drug-likeness (QED) is 0.690. The van der Waals surface area contributed by atoms with Crippen molar-refractivity contribution in [2.45, 2.75) is 18.4 Å². The normalized spacial score (nSPS) is 11.9. The van der Waals surface area contributed by atoms with Crippen molar-refractivity contribution < 1.29 is 17.9 Å². The van der Waals surface area contributed by atoms with E-state index in [1.807, 2.05) is 14.0 Å². The molecule has 6 nitrogen and oxygen atoms in total. The minimum atomic E-state index is -3.59. The van der Waals surface area contributed by atoms with E-state index in [2.05, 4.69) is 5.32 Å². The van der Waals surface area contributed by atoms with Crippen LogP contribution in [0.15, 0.2) is 23.1 Å². The average Bonchev–Trinajstić information content (AvgIpc) is 2.47. The van der Waals surface area contributed by atoms with Gasteiger partial charge in [0.25, 0.3) is 0 Å². The van der Waals surface area contributed by atoms with E-state index >= 15 is 0 Å². The van der Waals surface area contributed by atoms with Gasteiger partial charge in [-0.2, -0.15) is 4.31 Å². The van der Waals surface area contributed by atoms with Crippen LogP contribution in [0.5, 0.6) is 5.75 Å². The van der Waals surface area contributed by atoms with Crippen LogP contribution in [0.3, 0.4) is 0 Å². The Kier molecular flexibility index (Phi) is 7.10. The summed E-state index contributed by atoms with van der Waals surface area (Å²) in [6, 6.07) is 5.10. The van der Waals surface area contributed by atoms with E-state index in [9.17, 15) is 8.42 Å². The van der Waals surface area contributed by atoms with Crippen molar-refractivity contribution in [3.8, 4) is 5.75 Å². The summed E-state index contributed by atoms with van der Waals surface area (Å²) in [7, 11) is 1.25. The Hall–Kier alpha value is -1.15. The van der Waals surface area contributed by atoms with Crippen molar-refractivity contribution in [2.24, 2.45) is 0 Å². The first-order valence-electron chi connectivity index (χ1n) is 6.83. The Labute approximate surface area is 127 Å². The molecule has 7 heteroatoms. The molecule has 0 fully saturated rings. The van der Waals surface area contributed by atoms with E-state index in [1.54, 1.807) is 18.2 Å². The van der Waals surface area contributed by atoms with Gasteiger partial charge in [-0.25, -0.2) is 8.42 Å². The number of nitrogens with one attached hydrogen (secondary N) is 1. The van der Waals surface area contributed by atoms with E-state index in [-0.39, 0.29) is 4.90 Å². The lowest BCUT2D eigenvalue weighted by Crippen LogP contribution is -2.30. The highest BCUT2D eigenvalue weighted by Crippen LogP contribution is 2.27. The Morgan fingerprint density at radius 2 is 2.05 bits per heavy atom. The van der Waals surface area contributed by atoms with E-state index < -0.39 is 10.0 Å². The second kappa shape index (κ2) is 8.33. The summed E-state index contributed by atoms with van der Waals surface area (Å²) in [5.74, 6) is 0.353. The maximum Gasteiger partial charge on any atom is 0.246 e. The van der Waals surface area contributed by atoms with Crippen LogP contribution in [-0.2, 0) is 21.3 Å². The Balaban J connectivity index is 3.01. The molecule has 1 rings (SSSR count). The maximum atomic E-state index is 12.5. The molecule has 1 aromatic rings. The maximum absolute atomic E-state index is 12.5. The van der Waals surface area contributed by atoms with Gasteiger partial charge in [0.1, 0.15) is 10.6 Å². The summed E-state index contributed by atoms with van der Waals surface area (Å²) in [6.45, 7) is 3.76. The molecule has 0 bridgehead atoms. The van der Waals surface area contributed by atoms with Crippen molar-refractivity contribution in [1.29, 1.82) is 0 Å². The van der Waals surface area contributed by atoms with Crippen molar-refractivity contribution in [1.82, 2.24) is 9.62 Å². The monoisotopic (exact) mass is 316 g/mol. The number of rotatable bonds is 9. The number of methoxy groups -OCH3 is 1. The highest BCUT2D eigenvalue weighted by molar-refractivity contribution is 7.89. The van der Waals surface area contributed by atoms with Crippen LogP contribution in [0.1, 0.15) is 12.5 Å². The molecular formula is C14H24N2O4S. The van der Waals surface area contributed by atoms with Crippen molar-refractivity contribution >= 4 is 10.0 Å². The van der Waals surface area contributed by atoms with Gasteiger partial charge in [-0.3, -0.25) is 0 Å². The lowest BCUT2D eigenvalue weighted by atomic mass is 10.2. The molecule has 1 N–H and O–H groups in total. The van der Waals surface area contributed by atoms with Crippen LogP contribution in [0, 0.1) is 0 Å². The smallest absolute Gasteiger partial charge is 0.246 e. The van der Waals surface area contributed by atoms with Crippen LogP contribution in [0.4, 0.5) is 0 Å². The molecule has 1 aromatic carbocycles. The summed E-state index contributed by atoms with van der Waals surface area (Å²) in [5, 5.41) is 3.02. The van der Waals surface area contributed by atoms with Crippen LogP contribution in [-0.4, -0.2) is 53.7 Å². The lowest BCUT2D eigenvalue weighted by molar-refractivity contribution is 0.138. The molecule has 0 aliphatic rings. The third-order valence-corrected chi connectivity index (χ3v) is 4.95. The largest absolute Gasteiger partial charge is 0.495 e. The first-order chi connectivity index (χ1) is 9.97. The number of hydrogen-bond donors (Lipinski definition) is 1. The average molecular weight is 316 g/mol. The molecule has 0 heterocycles. The van der Waals surface area contributed by atoms with Crippen LogP contribution >= 0.6 is 0 Å². The summed E-state index contributed by atoms with van der Waals surface area (Å²) < 4.78 is 36.8. The molecular weight excluding hydrogens is 292 g/mol. The molecule has 0 aliphatic heterocycles. The number of benzene rings is 1. The van der Waals surface area contributed by atoms with E-state index in [0.29, 0.717) is 32.1 Å². The van der Waals surface area contributed by atoms with Crippen LogP contribution < -0.4 is 10.1 Å². The van der Waals surface area contributed by atoms with Gasteiger partial charge in [0.2, 0.25) is 10.0 Å².